The van der Waals surface area contributed by atoms with Gasteiger partial charge >= 0.3 is 5.97 Å². The largest absolute Gasteiger partial charge is 0.478 e. The van der Waals surface area contributed by atoms with Crippen molar-refractivity contribution in [3.05, 3.63) is 95.2 Å². The molecule has 1 heterocycles. The van der Waals surface area contributed by atoms with Gasteiger partial charge in [0.25, 0.3) is 5.91 Å². The first-order chi connectivity index (χ1) is 15.9. The molecule has 0 unspecified atom stereocenters. The van der Waals surface area contributed by atoms with Crippen LogP contribution in [0.2, 0.25) is 0 Å². The van der Waals surface area contributed by atoms with Gasteiger partial charge in [-0.15, -0.1) is 0 Å². The van der Waals surface area contributed by atoms with E-state index in [9.17, 15) is 14.9 Å². The number of hydrogen-bond acceptors (Lipinski definition) is 4. The van der Waals surface area contributed by atoms with Crippen LogP contribution in [0.3, 0.4) is 0 Å². The molecule has 0 saturated carbocycles. The zero-order valence-corrected chi connectivity index (χ0v) is 18.2. The fourth-order valence-electron chi connectivity index (χ4n) is 3.86. The molecule has 164 valence electrons. The van der Waals surface area contributed by atoms with Crippen molar-refractivity contribution in [1.82, 2.24) is 9.88 Å². The Morgan fingerprint density at radius 3 is 2.45 bits per heavy atom. The SMILES string of the molecule is C[C@H](NC(=O)c1c(Nc2cccc(C#N)c2)c2ccccc2n1C)c1ccc(C(=O)O)cc1. The number of aromatic nitrogens is 1. The molecule has 0 aliphatic heterocycles. The monoisotopic (exact) mass is 438 g/mol. The van der Waals surface area contributed by atoms with Crippen LogP contribution in [0.15, 0.2) is 72.8 Å². The summed E-state index contributed by atoms with van der Waals surface area (Å²) in [7, 11) is 1.83. The highest BCUT2D eigenvalue weighted by atomic mass is 16.4. The van der Waals surface area contributed by atoms with E-state index in [1.54, 1.807) is 30.3 Å². The quantitative estimate of drug-likeness (QED) is 0.393. The third-order valence-electron chi connectivity index (χ3n) is 5.59. The zero-order chi connectivity index (χ0) is 23.5. The van der Waals surface area contributed by atoms with Crippen LogP contribution in [-0.4, -0.2) is 21.6 Å². The normalized spacial score (nSPS) is 11.5. The van der Waals surface area contributed by atoms with E-state index in [4.69, 9.17) is 5.11 Å². The van der Waals surface area contributed by atoms with Crippen molar-refractivity contribution in [3.8, 4) is 6.07 Å². The Morgan fingerprint density at radius 1 is 1.03 bits per heavy atom. The van der Waals surface area contributed by atoms with E-state index >= 15 is 0 Å². The summed E-state index contributed by atoms with van der Waals surface area (Å²) < 4.78 is 1.83. The first kappa shape index (κ1) is 21.7. The van der Waals surface area contributed by atoms with Gasteiger partial charge in [-0.1, -0.05) is 36.4 Å². The standard InChI is InChI=1S/C26H22N4O3/c1-16(18-10-12-19(13-11-18)26(32)33)28-25(31)24-23(21-8-3-4-9-22(21)30(24)2)29-20-7-5-6-17(14-20)15-27/h3-14,16,29H,1-2H3,(H,28,31)(H,32,33)/t16-/m0/s1. The van der Waals surface area contributed by atoms with Gasteiger partial charge in [-0.3, -0.25) is 4.79 Å². The maximum Gasteiger partial charge on any atom is 0.335 e. The third-order valence-corrected chi connectivity index (χ3v) is 5.59. The molecule has 1 aromatic heterocycles. The lowest BCUT2D eigenvalue weighted by molar-refractivity contribution is 0.0696. The number of amides is 1. The second-order valence-electron chi connectivity index (χ2n) is 7.74. The molecule has 0 spiro atoms. The Labute approximate surface area is 190 Å². The van der Waals surface area contributed by atoms with E-state index in [1.165, 1.54) is 12.1 Å². The molecule has 0 fully saturated rings. The summed E-state index contributed by atoms with van der Waals surface area (Å²) in [6.45, 7) is 1.85. The molecule has 33 heavy (non-hydrogen) atoms. The topological polar surface area (TPSA) is 107 Å². The summed E-state index contributed by atoms with van der Waals surface area (Å²) in [4.78, 5) is 24.5. The number of carbonyl (C=O) groups is 2. The zero-order valence-electron chi connectivity index (χ0n) is 18.2. The first-order valence-electron chi connectivity index (χ1n) is 10.4. The Bertz CT molecular complexity index is 1400. The molecule has 3 N–H and O–H groups in total. The van der Waals surface area contributed by atoms with Crippen LogP contribution in [0.4, 0.5) is 11.4 Å². The average molecular weight is 438 g/mol. The molecule has 3 aromatic carbocycles. The molecular weight excluding hydrogens is 416 g/mol. The highest BCUT2D eigenvalue weighted by Crippen LogP contribution is 2.33. The highest BCUT2D eigenvalue weighted by molar-refractivity contribution is 6.09. The van der Waals surface area contributed by atoms with Crippen LogP contribution in [0.1, 0.15) is 44.9 Å². The summed E-state index contributed by atoms with van der Waals surface area (Å²) in [5.74, 6) is -1.27. The number of nitriles is 1. The van der Waals surface area contributed by atoms with E-state index in [0.29, 0.717) is 22.6 Å². The van der Waals surface area contributed by atoms with Gasteiger partial charge < -0.3 is 20.3 Å². The van der Waals surface area contributed by atoms with Gasteiger partial charge in [-0.25, -0.2) is 4.79 Å². The summed E-state index contributed by atoms with van der Waals surface area (Å²) in [5.41, 5.74) is 4.20. The minimum atomic E-state index is -0.995. The van der Waals surface area contributed by atoms with Gasteiger partial charge in [-0.2, -0.15) is 5.26 Å². The number of nitrogens with zero attached hydrogens (tertiary/aromatic N) is 2. The average Bonchev–Trinajstić information content (AvgIpc) is 3.10. The molecular formula is C26H22N4O3. The summed E-state index contributed by atoms with van der Waals surface area (Å²) in [6.07, 6.45) is 0. The van der Waals surface area contributed by atoms with Crippen molar-refractivity contribution in [2.24, 2.45) is 7.05 Å². The number of anilines is 2. The Morgan fingerprint density at radius 2 is 1.76 bits per heavy atom. The maximum atomic E-state index is 13.4. The molecule has 7 heteroatoms. The number of para-hydroxylation sites is 1. The van der Waals surface area contributed by atoms with Gasteiger partial charge in [0.15, 0.2) is 0 Å². The summed E-state index contributed by atoms with van der Waals surface area (Å²) in [6, 6.07) is 23.0. The van der Waals surface area contributed by atoms with E-state index in [-0.39, 0.29) is 17.5 Å². The second kappa shape index (κ2) is 8.89. The van der Waals surface area contributed by atoms with Crippen molar-refractivity contribution >= 4 is 34.2 Å². The van der Waals surface area contributed by atoms with Gasteiger partial charge in [-0.05, 0) is 48.9 Å². The number of carbonyl (C=O) groups excluding carboxylic acids is 1. The Hall–Kier alpha value is -4.57. The molecule has 4 aromatic rings. The van der Waals surface area contributed by atoms with E-state index < -0.39 is 5.97 Å². The molecule has 0 aliphatic rings. The third kappa shape index (κ3) is 4.27. The van der Waals surface area contributed by atoms with Crippen molar-refractivity contribution in [2.45, 2.75) is 13.0 Å². The fourth-order valence-corrected chi connectivity index (χ4v) is 3.86. The van der Waals surface area contributed by atoms with Crippen LogP contribution in [0.5, 0.6) is 0 Å². The molecule has 0 bridgehead atoms. The predicted octanol–water partition coefficient (Wildman–Crippen LogP) is 4.98. The van der Waals surface area contributed by atoms with Crippen LogP contribution in [0, 0.1) is 11.3 Å². The molecule has 7 nitrogen and oxygen atoms in total. The Kier molecular flexibility index (Phi) is 5.83. The van der Waals surface area contributed by atoms with Crippen LogP contribution < -0.4 is 10.6 Å². The van der Waals surface area contributed by atoms with Crippen LogP contribution in [-0.2, 0) is 7.05 Å². The molecule has 0 saturated heterocycles. The molecule has 1 amide bonds. The number of aromatic carboxylic acids is 1. The minimum absolute atomic E-state index is 0.192. The number of benzene rings is 3. The molecule has 0 radical (unpaired) electrons. The number of hydrogen-bond donors (Lipinski definition) is 3. The van der Waals surface area contributed by atoms with Crippen molar-refractivity contribution in [2.75, 3.05) is 5.32 Å². The van der Waals surface area contributed by atoms with Crippen molar-refractivity contribution < 1.29 is 14.7 Å². The van der Waals surface area contributed by atoms with Crippen LogP contribution >= 0.6 is 0 Å². The highest BCUT2D eigenvalue weighted by Gasteiger charge is 2.23. The first-order valence-corrected chi connectivity index (χ1v) is 10.4. The molecule has 1 atom stereocenters. The van der Waals surface area contributed by atoms with Crippen molar-refractivity contribution in [1.29, 1.82) is 5.26 Å². The number of nitrogens with one attached hydrogen (secondary N) is 2. The fraction of sp³-hybridized carbons (Fsp3) is 0.115. The van der Waals surface area contributed by atoms with Gasteiger partial charge in [0.2, 0.25) is 0 Å². The lowest BCUT2D eigenvalue weighted by Crippen LogP contribution is -2.29. The number of fused-ring (bicyclic) bond motifs is 1. The van der Waals surface area contributed by atoms with Gasteiger partial charge in [0.1, 0.15) is 5.69 Å². The van der Waals surface area contributed by atoms with Crippen molar-refractivity contribution in [3.63, 3.8) is 0 Å². The summed E-state index contributed by atoms with van der Waals surface area (Å²) >= 11 is 0. The molecule has 4 rings (SSSR count). The number of carboxylic acids is 1. The number of rotatable bonds is 6. The summed E-state index contributed by atoms with van der Waals surface area (Å²) in [5, 5.41) is 25.5. The lowest BCUT2D eigenvalue weighted by atomic mass is 10.1. The van der Waals surface area contributed by atoms with Gasteiger partial charge in [0, 0.05) is 18.1 Å². The number of carboxylic acid groups (broad SMARTS) is 1. The van der Waals surface area contributed by atoms with Crippen LogP contribution in [0.25, 0.3) is 10.9 Å². The minimum Gasteiger partial charge on any atom is -0.478 e. The lowest BCUT2D eigenvalue weighted by Gasteiger charge is -2.16. The van der Waals surface area contributed by atoms with E-state index in [2.05, 4.69) is 16.7 Å². The van der Waals surface area contributed by atoms with E-state index in [1.807, 2.05) is 48.9 Å². The smallest absolute Gasteiger partial charge is 0.335 e. The van der Waals surface area contributed by atoms with Gasteiger partial charge in [0.05, 0.1) is 34.4 Å². The predicted molar refractivity (Wildman–Crippen MR) is 127 cm³/mol. The maximum absolute atomic E-state index is 13.4. The Balaban J connectivity index is 1.69. The van der Waals surface area contributed by atoms with E-state index in [0.717, 1.165) is 16.5 Å². The second-order valence-corrected chi connectivity index (χ2v) is 7.74. The molecule has 0 aliphatic carbocycles. The number of aryl methyl sites for hydroxylation is 1.